The molecule has 0 amide bonds. The lowest BCUT2D eigenvalue weighted by molar-refractivity contribution is 0.425. The summed E-state index contributed by atoms with van der Waals surface area (Å²) in [5.41, 5.74) is 7.34. The molecule has 6 heteroatoms. The van der Waals surface area contributed by atoms with E-state index in [2.05, 4.69) is 10.1 Å². The molecule has 21 heavy (non-hydrogen) atoms. The molecule has 2 N–H and O–H groups in total. The SMILES string of the molecule is Nc1ccc(Cl)c(SCc2noc(-c3ccccc3)n2)c1. The van der Waals surface area contributed by atoms with E-state index in [0.29, 0.717) is 28.2 Å². The molecular weight excluding hydrogens is 306 g/mol. The van der Waals surface area contributed by atoms with Gasteiger partial charge < -0.3 is 10.3 Å². The Morgan fingerprint density at radius 2 is 1.95 bits per heavy atom. The van der Waals surface area contributed by atoms with Crippen molar-refractivity contribution in [1.82, 2.24) is 10.1 Å². The van der Waals surface area contributed by atoms with Gasteiger partial charge in [0.25, 0.3) is 5.89 Å². The number of hydrogen-bond donors (Lipinski definition) is 1. The summed E-state index contributed by atoms with van der Waals surface area (Å²) in [4.78, 5) is 5.28. The highest BCUT2D eigenvalue weighted by Crippen LogP contribution is 2.31. The van der Waals surface area contributed by atoms with Gasteiger partial charge in [-0.3, -0.25) is 0 Å². The number of anilines is 1. The molecular formula is C15H12ClN3OS. The summed E-state index contributed by atoms with van der Waals surface area (Å²) in [6, 6.07) is 15.1. The maximum atomic E-state index is 6.12. The van der Waals surface area contributed by atoms with Crippen LogP contribution in [0.5, 0.6) is 0 Å². The Morgan fingerprint density at radius 1 is 1.14 bits per heavy atom. The molecule has 0 aliphatic rings. The zero-order chi connectivity index (χ0) is 14.7. The van der Waals surface area contributed by atoms with Crippen LogP contribution in [0.1, 0.15) is 5.82 Å². The van der Waals surface area contributed by atoms with Crippen LogP contribution in [0.25, 0.3) is 11.5 Å². The number of nitrogen functional groups attached to an aromatic ring is 1. The first-order valence-corrected chi connectivity index (χ1v) is 7.64. The van der Waals surface area contributed by atoms with Gasteiger partial charge in [0.15, 0.2) is 5.82 Å². The lowest BCUT2D eigenvalue weighted by Crippen LogP contribution is -1.87. The van der Waals surface area contributed by atoms with Crippen LogP contribution >= 0.6 is 23.4 Å². The van der Waals surface area contributed by atoms with Crippen molar-refractivity contribution < 1.29 is 4.52 Å². The van der Waals surface area contributed by atoms with Crippen LogP contribution in [0.4, 0.5) is 5.69 Å². The molecule has 0 bridgehead atoms. The third-order valence-corrected chi connectivity index (χ3v) is 4.29. The average Bonchev–Trinajstić information content (AvgIpc) is 2.98. The summed E-state index contributed by atoms with van der Waals surface area (Å²) >= 11 is 7.65. The molecule has 2 aromatic carbocycles. The normalized spacial score (nSPS) is 10.7. The zero-order valence-electron chi connectivity index (χ0n) is 11.0. The molecule has 0 atom stereocenters. The lowest BCUT2D eigenvalue weighted by Gasteiger charge is -2.02. The van der Waals surface area contributed by atoms with Gasteiger partial charge >= 0.3 is 0 Å². The highest BCUT2D eigenvalue weighted by atomic mass is 35.5. The molecule has 1 heterocycles. The third-order valence-electron chi connectivity index (χ3n) is 2.80. The highest BCUT2D eigenvalue weighted by Gasteiger charge is 2.10. The van der Waals surface area contributed by atoms with Gasteiger partial charge in [0.1, 0.15) is 0 Å². The summed E-state index contributed by atoms with van der Waals surface area (Å²) in [6.45, 7) is 0. The minimum Gasteiger partial charge on any atom is -0.399 e. The second-order valence-electron chi connectivity index (χ2n) is 4.36. The van der Waals surface area contributed by atoms with Crippen LogP contribution < -0.4 is 5.73 Å². The van der Waals surface area contributed by atoms with E-state index in [1.165, 1.54) is 11.8 Å². The van der Waals surface area contributed by atoms with Crippen LogP contribution in [0.2, 0.25) is 5.02 Å². The van der Waals surface area contributed by atoms with Crippen molar-refractivity contribution in [1.29, 1.82) is 0 Å². The van der Waals surface area contributed by atoms with E-state index in [4.69, 9.17) is 21.9 Å². The third kappa shape index (κ3) is 3.37. The predicted molar refractivity (Wildman–Crippen MR) is 85.2 cm³/mol. The van der Waals surface area contributed by atoms with Gasteiger partial charge in [0.05, 0.1) is 10.8 Å². The molecule has 0 radical (unpaired) electrons. The number of hydrogen-bond acceptors (Lipinski definition) is 5. The topological polar surface area (TPSA) is 64.9 Å². The van der Waals surface area contributed by atoms with Gasteiger partial charge in [0, 0.05) is 16.1 Å². The Balaban J connectivity index is 1.72. The number of halogens is 1. The van der Waals surface area contributed by atoms with Crippen molar-refractivity contribution in [2.24, 2.45) is 0 Å². The highest BCUT2D eigenvalue weighted by molar-refractivity contribution is 7.98. The monoisotopic (exact) mass is 317 g/mol. The largest absolute Gasteiger partial charge is 0.399 e. The van der Waals surface area contributed by atoms with Crippen molar-refractivity contribution in [2.75, 3.05) is 5.73 Å². The average molecular weight is 318 g/mol. The van der Waals surface area contributed by atoms with Crippen LogP contribution in [0, 0.1) is 0 Å². The quantitative estimate of drug-likeness (QED) is 0.575. The van der Waals surface area contributed by atoms with Crippen LogP contribution in [-0.2, 0) is 5.75 Å². The fourth-order valence-electron chi connectivity index (χ4n) is 1.78. The predicted octanol–water partition coefficient (Wildman–Crippen LogP) is 4.26. The van der Waals surface area contributed by atoms with E-state index < -0.39 is 0 Å². The molecule has 0 saturated carbocycles. The molecule has 0 fully saturated rings. The zero-order valence-corrected chi connectivity index (χ0v) is 12.6. The van der Waals surface area contributed by atoms with E-state index in [1.807, 2.05) is 36.4 Å². The summed E-state index contributed by atoms with van der Waals surface area (Å²) in [5.74, 6) is 1.71. The molecule has 0 aliphatic carbocycles. The Bertz CT molecular complexity index is 746. The minimum atomic E-state index is 0.518. The van der Waals surface area contributed by atoms with Gasteiger partial charge in [0.2, 0.25) is 0 Å². The number of nitrogens with zero attached hydrogens (tertiary/aromatic N) is 2. The summed E-state index contributed by atoms with van der Waals surface area (Å²) in [7, 11) is 0. The van der Waals surface area contributed by atoms with Crippen molar-refractivity contribution in [2.45, 2.75) is 10.6 Å². The molecule has 0 aliphatic heterocycles. The molecule has 3 aromatic rings. The van der Waals surface area contributed by atoms with Crippen LogP contribution in [0.15, 0.2) is 57.9 Å². The maximum absolute atomic E-state index is 6.12. The van der Waals surface area contributed by atoms with E-state index in [0.717, 1.165) is 10.5 Å². The second kappa shape index (κ2) is 6.20. The second-order valence-corrected chi connectivity index (χ2v) is 5.78. The first-order valence-electron chi connectivity index (χ1n) is 6.28. The van der Waals surface area contributed by atoms with Crippen molar-refractivity contribution in [3.63, 3.8) is 0 Å². The minimum absolute atomic E-state index is 0.518. The summed E-state index contributed by atoms with van der Waals surface area (Å²) < 4.78 is 5.26. The Kier molecular flexibility index (Phi) is 4.13. The van der Waals surface area contributed by atoms with Gasteiger partial charge in [-0.2, -0.15) is 4.98 Å². The van der Waals surface area contributed by atoms with E-state index >= 15 is 0 Å². The van der Waals surface area contributed by atoms with Gasteiger partial charge in [-0.25, -0.2) is 0 Å². The first kappa shape index (κ1) is 14.0. The number of benzene rings is 2. The number of rotatable bonds is 4. The number of thioether (sulfide) groups is 1. The summed E-state index contributed by atoms with van der Waals surface area (Å²) in [6.07, 6.45) is 0. The van der Waals surface area contributed by atoms with Crippen molar-refractivity contribution in [3.05, 3.63) is 59.4 Å². The Morgan fingerprint density at radius 3 is 2.76 bits per heavy atom. The van der Waals surface area contributed by atoms with Gasteiger partial charge in [-0.15, -0.1) is 11.8 Å². The first-order chi connectivity index (χ1) is 10.2. The summed E-state index contributed by atoms with van der Waals surface area (Å²) in [5, 5.41) is 4.65. The molecule has 3 rings (SSSR count). The fraction of sp³-hybridized carbons (Fsp3) is 0.0667. The number of aromatic nitrogens is 2. The maximum Gasteiger partial charge on any atom is 0.257 e. The molecule has 1 aromatic heterocycles. The van der Waals surface area contributed by atoms with E-state index in [1.54, 1.807) is 12.1 Å². The fourth-order valence-corrected chi connectivity index (χ4v) is 2.89. The standard InChI is InChI=1S/C15H12ClN3OS/c16-12-7-6-11(17)8-13(12)21-9-14-18-15(20-19-14)10-4-2-1-3-5-10/h1-8H,9,17H2. The number of nitrogens with two attached hydrogens (primary N) is 1. The van der Waals surface area contributed by atoms with Crippen LogP contribution in [0.3, 0.4) is 0 Å². The smallest absolute Gasteiger partial charge is 0.257 e. The Hall–Kier alpha value is -1.98. The molecule has 0 spiro atoms. The van der Waals surface area contributed by atoms with Gasteiger partial charge in [-0.1, -0.05) is 35.0 Å². The van der Waals surface area contributed by atoms with Gasteiger partial charge in [-0.05, 0) is 30.3 Å². The molecule has 106 valence electrons. The lowest BCUT2D eigenvalue weighted by atomic mass is 10.2. The molecule has 0 unspecified atom stereocenters. The van der Waals surface area contributed by atoms with E-state index in [9.17, 15) is 0 Å². The Labute approximate surface area is 131 Å². The van der Waals surface area contributed by atoms with E-state index in [-0.39, 0.29) is 0 Å². The molecule has 0 saturated heterocycles. The van der Waals surface area contributed by atoms with Crippen molar-refractivity contribution in [3.8, 4) is 11.5 Å². The van der Waals surface area contributed by atoms with Crippen LogP contribution in [-0.4, -0.2) is 10.1 Å². The molecule has 4 nitrogen and oxygen atoms in total. The van der Waals surface area contributed by atoms with Crippen molar-refractivity contribution >= 4 is 29.1 Å².